The van der Waals surface area contributed by atoms with E-state index in [-0.39, 0.29) is 17.3 Å². The molecule has 150 valence electrons. The quantitative estimate of drug-likeness (QED) is 0.428. The van der Waals surface area contributed by atoms with Crippen molar-refractivity contribution in [1.82, 2.24) is 8.96 Å². The molecule has 4 rings (SSSR count). The Hall–Kier alpha value is -2.71. The molecule has 0 saturated carbocycles. The van der Waals surface area contributed by atoms with E-state index in [0.29, 0.717) is 24.1 Å². The van der Waals surface area contributed by atoms with Gasteiger partial charge in [0.2, 0.25) is 0 Å². The Morgan fingerprint density at radius 1 is 1.17 bits per heavy atom. The molecule has 0 bridgehead atoms. The third kappa shape index (κ3) is 3.65. The topological polar surface area (TPSA) is 78.3 Å². The number of thiazole rings is 1. The van der Waals surface area contributed by atoms with Crippen LogP contribution in [-0.2, 0) is 26.0 Å². The normalized spacial score (nSPS) is 11.9. The maximum atomic E-state index is 13.6. The van der Waals surface area contributed by atoms with Crippen molar-refractivity contribution < 1.29 is 17.9 Å². The molecule has 0 radical (unpaired) electrons. The van der Waals surface area contributed by atoms with Crippen LogP contribution in [0.1, 0.15) is 24.1 Å². The zero-order valence-electron chi connectivity index (χ0n) is 16.1. The Bertz CT molecular complexity index is 1320. The van der Waals surface area contributed by atoms with Gasteiger partial charge in [0.15, 0.2) is 0 Å². The lowest BCUT2D eigenvalue weighted by Gasteiger charge is -2.12. The maximum absolute atomic E-state index is 13.6. The monoisotopic (exact) mass is 428 g/mol. The van der Waals surface area contributed by atoms with E-state index >= 15 is 0 Å². The van der Waals surface area contributed by atoms with Crippen molar-refractivity contribution in [2.24, 2.45) is 0 Å². The standard InChI is InChI=1S/C21H20N2O4S2/c1-14-6-9-19-15(10-14)11-16(4-3-5-21(24)27-2)23(19)29(25,26)17-7-8-18-20(12-17)28-13-22-18/h6-13H,3-5H2,1-2H3. The Kier molecular flexibility index (Phi) is 5.14. The Labute approximate surface area is 172 Å². The van der Waals surface area contributed by atoms with E-state index in [9.17, 15) is 13.2 Å². The molecule has 6 nitrogen and oxygen atoms in total. The van der Waals surface area contributed by atoms with Crippen LogP contribution in [0.3, 0.4) is 0 Å². The number of aromatic nitrogens is 2. The summed E-state index contributed by atoms with van der Waals surface area (Å²) in [6.45, 7) is 1.97. The first-order valence-electron chi connectivity index (χ1n) is 9.17. The van der Waals surface area contributed by atoms with Gasteiger partial charge in [0.05, 0.1) is 33.2 Å². The molecule has 8 heteroatoms. The number of fused-ring (bicyclic) bond motifs is 2. The fraction of sp³-hybridized carbons (Fsp3) is 0.238. The SMILES string of the molecule is COC(=O)CCCc1cc2cc(C)ccc2n1S(=O)(=O)c1ccc2ncsc2c1. The van der Waals surface area contributed by atoms with E-state index in [2.05, 4.69) is 4.98 Å². The van der Waals surface area contributed by atoms with Crippen molar-refractivity contribution in [3.8, 4) is 0 Å². The molecular weight excluding hydrogens is 408 g/mol. The van der Waals surface area contributed by atoms with Gasteiger partial charge in [-0.3, -0.25) is 4.79 Å². The molecule has 29 heavy (non-hydrogen) atoms. The summed E-state index contributed by atoms with van der Waals surface area (Å²) in [6.07, 6.45) is 1.19. The molecule has 0 aliphatic heterocycles. The number of ether oxygens (including phenoxy) is 1. The highest BCUT2D eigenvalue weighted by molar-refractivity contribution is 7.90. The molecule has 4 aromatic rings. The second kappa shape index (κ2) is 7.61. The second-order valence-electron chi connectivity index (χ2n) is 6.88. The molecule has 0 aliphatic carbocycles. The summed E-state index contributed by atoms with van der Waals surface area (Å²) in [7, 11) is -2.46. The zero-order chi connectivity index (χ0) is 20.6. The van der Waals surface area contributed by atoms with Crippen LogP contribution >= 0.6 is 11.3 Å². The lowest BCUT2D eigenvalue weighted by atomic mass is 10.1. The highest BCUT2D eigenvalue weighted by atomic mass is 32.2. The molecule has 0 fully saturated rings. The number of rotatable bonds is 6. The van der Waals surface area contributed by atoms with Crippen LogP contribution in [0.2, 0.25) is 0 Å². The van der Waals surface area contributed by atoms with Gasteiger partial charge < -0.3 is 4.74 Å². The van der Waals surface area contributed by atoms with Gasteiger partial charge in [-0.15, -0.1) is 11.3 Å². The van der Waals surface area contributed by atoms with Gasteiger partial charge >= 0.3 is 5.97 Å². The number of aryl methyl sites for hydroxylation is 2. The van der Waals surface area contributed by atoms with Gasteiger partial charge in [0.25, 0.3) is 10.0 Å². The van der Waals surface area contributed by atoms with Crippen molar-refractivity contribution in [3.05, 3.63) is 59.2 Å². The largest absolute Gasteiger partial charge is 0.469 e. The fourth-order valence-electron chi connectivity index (χ4n) is 3.44. The van der Waals surface area contributed by atoms with E-state index in [1.54, 1.807) is 23.7 Å². The van der Waals surface area contributed by atoms with Crippen LogP contribution in [0.25, 0.3) is 21.1 Å². The molecule has 2 aromatic heterocycles. The third-order valence-electron chi connectivity index (χ3n) is 4.87. The summed E-state index contributed by atoms with van der Waals surface area (Å²) in [5.41, 5.74) is 4.82. The van der Waals surface area contributed by atoms with Gasteiger partial charge in [-0.1, -0.05) is 11.6 Å². The Balaban J connectivity index is 1.83. The minimum atomic E-state index is -3.81. The van der Waals surface area contributed by atoms with Gasteiger partial charge in [-0.25, -0.2) is 17.4 Å². The molecule has 0 aliphatic rings. The summed E-state index contributed by atoms with van der Waals surface area (Å²) >= 11 is 1.41. The molecule has 0 N–H and O–H groups in total. The number of benzene rings is 2. The predicted octanol–water partition coefficient (Wildman–Crippen LogP) is 4.29. The summed E-state index contributed by atoms with van der Waals surface area (Å²) < 4.78 is 34.1. The Morgan fingerprint density at radius 3 is 2.79 bits per heavy atom. The molecule has 2 heterocycles. The molecule has 0 spiro atoms. The van der Waals surface area contributed by atoms with E-state index in [4.69, 9.17) is 4.74 Å². The number of hydrogen-bond acceptors (Lipinski definition) is 6. The molecule has 0 unspecified atom stereocenters. The zero-order valence-corrected chi connectivity index (χ0v) is 17.7. The summed E-state index contributed by atoms with van der Waals surface area (Å²) in [6, 6.07) is 12.6. The van der Waals surface area contributed by atoms with Crippen molar-refractivity contribution in [3.63, 3.8) is 0 Å². The molecule has 0 amide bonds. The number of nitrogens with zero attached hydrogens (tertiary/aromatic N) is 2. The number of methoxy groups -OCH3 is 1. The van der Waals surface area contributed by atoms with Crippen LogP contribution in [0.5, 0.6) is 0 Å². The number of carbonyl (C=O) groups excluding carboxylic acids is 1. The fourth-order valence-corrected chi connectivity index (χ4v) is 5.83. The van der Waals surface area contributed by atoms with Crippen LogP contribution in [0.15, 0.2) is 52.9 Å². The highest BCUT2D eigenvalue weighted by Crippen LogP contribution is 2.29. The first kappa shape index (κ1) is 19.6. The Morgan fingerprint density at radius 2 is 2.00 bits per heavy atom. The second-order valence-corrected chi connectivity index (χ2v) is 9.55. The average molecular weight is 429 g/mol. The first-order valence-corrected chi connectivity index (χ1v) is 11.5. The highest BCUT2D eigenvalue weighted by Gasteiger charge is 2.23. The maximum Gasteiger partial charge on any atom is 0.305 e. The van der Waals surface area contributed by atoms with E-state index in [1.165, 1.54) is 22.4 Å². The van der Waals surface area contributed by atoms with Crippen molar-refractivity contribution in [2.45, 2.75) is 31.1 Å². The number of carbonyl (C=O) groups is 1. The third-order valence-corrected chi connectivity index (χ3v) is 7.42. The van der Waals surface area contributed by atoms with Crippen LogP contribution in [0.4, 0.5) is 0 Å². The molecule has 0 atom stereocenters. The minimum absolute atomic E-state index is 0.224. The van der Waals surface area contributed by atoms with Gasteiger partial charge in [-0.05, 0) is 56.2 Å². The molecular formula is C21H20N2O4S2. The van der Waals surface area contributed by atoms with Crippen LogP contribution in [-0.4, -0.2) is 30.5 Å². The van der Waals surface area contributed by atoms with Crippen molar-refractivity contribution in [1.29, 1.82) is 0 Å². The summed E-state index contributed by atoms with van der Waals surface area (Å²) in [4.78, 5) is 15.9. The minimum Gasteiger partial charge on any atom is -0.469 e. The first-order chi connectivity index (χ1) is 13.9. The predicted molar refractivity (Wildman–Crippen MR) is 114 cm³/mol. The van der Waals surface area contributed by atoms with Crippen LogP contribution < -0.4 is 0 Å². The average Bonchev–Trinajstić information content (AvgIpc) is 3.31. The number of esters is 1. The van der Waals surface area contributed by atoms with E-state index in [1.807, 2.05) is 31.2 Å². The van der Waals surface area contributed by atoms with Crippen molar-refractivity contribution >= 4 is 48.4 Å². The van der Waals surface area contributed by atoms with Gasteiger partial charge in [0.1, 0.15) is 0 Å². The smallest absolute Gasteiger partial charge is 0.305 e. The molecule has 0 saturated heterocycles. The van der Waals surface area contributed by atoms with Crippen LogP contribution in [0, 0.1) is 6.92 Å². The van der Waals surface area contributed by atoms with E-state index in [0.717, 1.165) is 21.2 Å². The number of hydrogen-bond donors (Lipinski definition) is 0. The summed E-state index contributed by atoms with van der Waals surface area (Å²) in [5, 5.41) is 0.862. The summed E-state index contributed by atoms with van der Waals surface area (Å²) in [5.74, 6) is -0.304. The van der Waals surface area contributed by atoms with Gasteiger partial charge in [-0.2, -0.15) is 0 Å². The lowest BCUT2D eigenvalue weighted by molar-refractivity contribution is -0.140. The van der Waals surface area contributed by atoms with Crippen molar-refractivity contribution in [2.75, 3.05) is 7.11 Å². The van der Waals surface area contributed by atoms with Gasteiger partial charge in [0, 0.05) is 17.5 Å². The molecule has 2 aromatic carbocycles. The lowest BCUT2D eigenvalue weighted by Crippen LogP contribution is -2.16. The van der Waals surface area contributed by atoms with E-state index < -0.39 is 10.0 Å².